The van der Waals surface area contributed by atoms with Gasteiger partial charge < -0.3 is 5.32 Å². The Morgan fingerprint density at radius 2 is 1.41 bits per heavy atom. The fraction of sp³-hybridized carbons (Fsp3) is 0.150. The second-order valence-corrected chi connectivity index (χ2v) is 10.7. The van der Waals surface area contributed by atoms with Gasteiger partial charge in [0.25, 0.3) is 5.91 Å². The molecule has 2 atom stereocenters. The first-order valence-corrected chi connectivity index (χ1v) is 13.2. The molecule has 17 heteroatoms. The van der Waals surface area contributed by atoms with Crippen LogP contribution in [-0.4, -0.2) is 46.5 Å². The third kappa shape index (κ3) is 6.14. The molecule has 2 aromatic rings. The molecule has 194 valence electrons. The Morgan fingerprint density at radius 3 is 1.89 bits per heavy atom. The number of nitrogens with one attached hydrogen (secondary N) is 3. The summed E-state index contributed by atoms with van der Waals surface area (Å²) in [6, 6.07) is 9.00. The van der Waals surface area contributed by atoms with Crippen molar-refractivity contribution in [2.45, 2.75) is 22.3 Å². The fourth-order valence-corrected chi connectivity index (χ4v) is 4.37. The molecule has 0 aromatic heterocycles. The van der Waals surface area contributed by atoms with Crippen LogP contribution in [0.2, 0.25) is 0 Å². The van der Waals surface area contributed by atoms with E-state index in [2.05, 4.69) is 16.2 Å². The molecule has 1 aliphatic rings. The minimum Gasteiger partial charge on any atom is -0.325 e. The van der Waals surface area contributed by atoms with E-state index in [1.165, 1.54) is 12.1 Å². The first kappa shape index (κ1) is 27.4. The zero-order chi connectivity index (χ0) is 27.5. The van der Waals surface area contributed by atoms with Gasteiger partial charge in [-0.05, 0) is 48.5 Å². The van der Waals surface area contributed by atoms with Gasteiger partial charge in [-0.1, -0.05) is 0 Å². The molecule has 15 nitrogen and oxygen atoms in total. The number of hydrogen-bond acceptors (Lipinski definition) is 10. The molecule has 0 radical (unpaired) electrons. The van der Waals surface area contributed by atoms with Crippen molar-refractivity contribution in [1.82, 2.24) is 10.9 Å². The van der Waals surface area contributed by atoms with Crippen LogP contribution in [0.1, 0.15) is 6.42 Å². The summed E-state index contributed by atoms with van der Waals surface area (Å²) in [5, 5.41) is 21.1. The molecular formula is C20H19N7O8S2. The number of primary sulfonamides is 2. The lowest BCUT2D eigenvalue weighted by Gasteiger charge is -2.17. The Bertz CT molecular complexity index is 1520. The van der Waals surface area contributed by atoms with Gasteiger partial charge in [0.05, 0.1) is 21.5 Å². The van der Waals surface area contributed by atoms with E-state index in [-0.39, 0.29) is 21.2 Å². The largest absolute Gasteiger partial charge is 0.325 e. The highest BCUT2D eigenvalue weighted by atomic mass is 32.2. The fourth-order valence-electron chi connectivity index (χ4n) is 3.34. The van der Waals surface area contributed by atoms with Gasteiger partial charge in [-0.15, -0.1) is 0 Å². The van der Waals surface area contributed by atoms with Crippen LogP contribution in [0.3, 0.4) is 0 Å². The van der Waals surface area contributed by atoms with Gasteiger partial charge >= 0.3 is 0 Å². The summed E-state index contributed by atoms with van der Waals surface area (Å²) in [5.74, 6) is -5.53. The molecule has 0 aliphatic carbocycles. The summed E-state index contributed by atoms with van der Waals surface area (Å²) in [7, 11) is -8.06. The van der Waals surface area contributed by atoms with Crippen molar-refractivity contribution in [1.29, 1.82) is 5.26 Å². The topological polar surface area (TPSA) is 252 Å². The summed E-state index contributed by atoms with van der Waals surface area (Å²) in [5.41, 5.74) is 4.37. The van der Waals surface area contributed by atoms with Crippen molar-refractivity contribution in [3.8, 4) is 6.07 Å². The van der Waals surface area contributed by atoms with Crippen LogP contribution in [0.5, 0.6) is 0 Å². The number of imide groups is 1. The zero-order valence-corrected chi connectivity index (χ0v) is 20.2. The van der Waals surface area contributed by atoms with Gasteiger partial charge in [-0.25, -0.2) is 37.4 Å². The standard InChI is InChI=1S/C20H19N7O8S2/c21-10-9-15(28)25-26-17-16(18(29)24-11-1-5-13(6-2-11)36(22,32)33)19(30)27(20(17)31)12-3-7-14(8-4-12)37(23,34)35/h1-8,16-17,26H,9H2,(H,24,29)(H,25,28)(H2,22,32,33)(H2,23,34,35)/t16-,17-/m1/s1. The molecule has 2 aromatic carbocycles. The first-order chi connectivity index (χ1) is 17.2. The van der Waals surface area contributed by atoms with E-state index in [9.17, 15) is 36.0 Å². The number of carbonyl (C=O) groups is 4. The number of rotatable bonds is 8. The molecule has 1 aliphatic heterocycles. The highest BCUT2D eigenvalue weighted by Crippen LogP contribution is 2.29. The smallest absolute Gasteiger partial charge is 0.254 e. The maximum atomic E-state index is 13.2. The molecule has 7 N–H and O–H groups in total. The molecule has 4 amide bonds. The van der Waals surface area contributed by atoms with E-state index < -0.39 is 62.1 Å². The molecule has 1 saturated heterocycles. The van der Waals surface area contributed by atoms with Gasteiger partial charge in [0.2, 0.25) is 37.8 Å². The second-order valence-electron chi connectivity index (χ2n) is 7.59. The maximum Gasteiger partial charge on any atom is 0.254 e. The summed E-state index contributed by atoms with van der Waals surface area (Å²) in [4.78, 5) is 51.2. The third-order valence-electron chi connectivity index (χ3n) is 5.07. The lowest BCUT2D eigenvalue weighted by atomic mass is 10.0. The van der Waals surface area contributed by atoms with Gasteiger partial charge in [0.15, 0.2) is 0 Å². The number of anilines is 2. The number of hydrazine groups is 1. The van der Waals surface area contributed by atoms with Crippen molar-refractivity contribution < 1.29 is 36.0 Å². The van der Waals surface area contributed by atoms with Gasteiger partial charge in [-0.2, -0.15) is 5.26 Å². The minimum absolute atomic E-state index is 0.0703. The Kier molecular flexibility index (Phi) is 7.71. The van der Waals surface area contributed by atoms with Crippen molar-refractivity contribution >= 4 is 55.1 Å². The summed E-state index contributed by atoms with van der Waals surface area (Å²) in [6.45, 7) is 0. The van der Waals surface area contributed by atoms with E-state index in [0.29, 0.717) is 4.90 Å². The van der Waals surface area contributed by atoms with E-state index in [4.69, 9.17) is 15.5 Å². The average Bonchev–Trinajstić information content (AvgIpc) is 3.06. The second kappa shape index (κ2) is 10.4. The SMILES string of the molecule is N#CCC(=O)NN[C@H]1C(=O)N(c2ccc(S(N)(=O)=O)cc2)C(=O)[C@H]1C(=O)Nc1ccc(S(N)(=O)=O)cc1. The predicted molar refractivity (Wildman–Crippen MR) is 126 cm³/mol. The zero-order valence-electron chi connectivity index (χ0n) is 18.6. The van der Waals surface area contributed by atoms with Crippen LogP contribution in [-0.2, 0) is 39.2 Å². The molecule has 0 unspecified atom stereocenters. The van der Waals surface area contributed by atoms with Crippen LogP contribution in [0, 0.1) is 17.2 Å². The molecule has 37 heavy (non-hydrogen) atoms. The Morgan fingerprint density at radius 1 is 0.892 bits per heavy atom. The number of sulfonamides is 2. The van der Waals surface area contributed by atoms with E-state index in [0.717, 1.165) is 36.4 Å². The molecular weight excluding hydrogens is 530 g/mol. The monoisotopic (exact) mass is 549 g/mol. The summed E-state index contributed by atoms with van der Waals surface area (Å²) >= 11 is 0. The van der Waals surface area contributed by atoms with Crippen LogP contribution in [0.4, 0.5) is 11.4 Å². The quantitative estimate of drug-likeness (QED) is 0.138. The Balaban J connectivity index is 1.92. The van der Waals surface area contributed by atoms with E-state index in [1.807, 2.05) is 0 Å². The van der Waals surface area contributed by atoms with Crippen LogP contribution in [0.15, 0.2) is 58.3 Å². The maximum absolute atomic E-state index is 13.2. The highest BCUT2D eigenvalue weighted by Gasteiger charge is 2.52. The third-order valence-corrected chi connectivity index (χ3v) is 6.93. The first-order valence-electron chi connectivity index (χ1n) is 10.1. The van der Waals surface area contributed by atoms with Gasteiger partial charge in [0, 0.05) is 5.69 Å². The van der Waals surface area contributed by atoms with E-state index >= 15 is 0 Å². The molecule has 1 fully saturated rings. The lowest BCUT2D eigenvalue weighted by Crippen LogP contribution is -2.52. The number of nitrogens with zero attached hydrogens (tertiary/aromatic N) is 2. The number of nitrogens with two attached hydrogens (primary N) is 2. The Labute approximate surface area is 210 Å². The average molecular weight is 550 g/mol. The predicted octanol–water partition coefficient (Wildman–Crippen LogP) is -1.99. The van der Waals surface area contributed by atoms with Crippen molar-refractivity contribution in [3.63, 3.8) is 0 Å². The molecule has 0 spiro atoms. The molecule has 1 heterocycles. The van der Waals surface area contributed by atoms with Crippen LogP contribution >= 0.6 is 0 Å². The summed E-state index contributed by atoms with van der Waals surface area (Å²) < 4.78 is 45.8. The normalized spacial score (nSPS) is 17.8. The highest BCUT2D eigenvalue weighted by molar-refractivity contribution is 7.89. The molecule has 3 rings (SSSR count). The number of nitriles is 1. The summed E-state index contributed by atoms with van der Waals surface area (Å²) in [6.07, 6.45) is -0.576. The Hall–Kier alpha value is -4.21. The lowest BCUT2D eigenvalue weighted by molar-refractivity contribution is -0.131. The van der Waals surface area contributed by atoms with Crippen molar-refractivity contribution in [2.24, 2.45) is 16.2 Å². The number of hydrogen-bond donors (Lipinski definition) is 5. The number of amides is 4. The minimum atomic E-state index is -4.06. The number of benzene rings is 2. The number of carbonyl (C=O) groups excluding carboxylic acids is 4. The van der Waals surface area contributed by atoms with E-state index in [1.54, 1.807) is 6.07 Å². The van der Waals surface area contributed by atoms with Crippen molar-refractivity contribution in [3.05, 3.63) is 48.5 Å². The van der Waals surface area contributed by atoms with Gasteiger partial charge in [0.1, 0.15) is 18.4 Å². The van der Waals surface area contributed by atoms with Crippen LogP contribution < -0.4 is 31.3 Å². The van der Waals surface area contributed by atoms with Crippen molar-refractivity contribution in [2.75, 3.05) is 10.2 Å². The van der Waals surface area contributed by atoms with Gasteiger partial charge in [-0.3, -0.25) is 24.6 Å². The molecule has 0 bridgehead atoms. The van der Waals surface area contributed by atoms with Crippen LogP contribution in [0.25, 0.3) is 0 Å². The molecule has 0 saturated carbocycles.